The van der Waals surface area contributed by atoms with E-state index in [4.69, 9.17) is 9.66 Å². The summed E-state index contributed by atoms with van der Waals surface area (Å²) in [6, 6.07) is 9.03. The minimum atomic E-state index is -3.98. The maximum absolute atomic E-state index is 10.7. The Bertz CT molecular complexity index is 567. The van der Waals surface area contributed by atoms with Crippen LogP contribution in [-0.2, 0) is 14.9 Å². The molecule has 0 heterocycles. The molecule has 0 saturated carbocycles. The molecule has 0 spiro atoms. The summed E-state index contributed by atoms with van der Waals surface area (Å²) >= 11 is 0.306. The Balaban J connectivity index is 0. The van der Waals surface area contributed by atoms with Crippen LogP contribution in [0.2, 0.25) is 0 Å². The van der Waals surface area contributed by atoms with Crippen LogP contribution >= 0.6 is 0 Å². The summed E-state index contributed by atoms with van der Waals surface area (Å²) in [5.74, 6) is -0.935. The van der Waals surface area contributed by atoms with E-state index in [9.17, 15) is 13.2 Å². The molecule has 1 aromatic rings. The Hall–Kier alpha value is 0.0800. The van der Waals surface area contributed by atoms with Crippen molar-refractivity contribution in [3.05, 3.63) is 50.2 Å². The number of aliphatic carboxylic acids is 1. The van der Waals surface area contributed by atoms with Crippen LogP contribution in [0.15, 0.2) is 44.6 Å². The molecule has 0 aliphatic rings. The molecule has 0 aliphatic heterocycles. The second kappa shape index (κ2) is 10.8. The molecule has 8 heteroatoms. The van der Waals surface area contributed by atoms with Crippen molar-refractivity contribution in [2.75, 3.05) is 0 Å². The fourth-order valence-corrected chi connectivity index (χ4v) is 1.48. The van der Waals surface area contributed by atoms with E-state index < -0.39 is 16.1 Å². The summed E-state index contributed by atoms with van der Waals surface area (Å²) < 4.78 is 30.1. The molecule has 0 radical (unpaired) electrons. The first-order valence-corrected chi connectivity index (χ1v) is 7.68. The number of benzene rings is 1. The standard InChI is InChI=1S/C8H7O3S.C4H6O2.2Na.H/c9-12(10,11)7-6-8-4-2-1-3-5-8;1-3(2)4(5)6;;;/h1-6H,(H,9,10,11);1H2,2H3,(H,5,6);;;. The zero-order valence-corrected chi connectivity index (χ0v) is 13.5. The molecule has 5 nitrogen and oxygen atoms in total. The van der Waals surface area contributed by atoms with Gasteiger partial charge in [-0.25, -0.2) is 4.79 Å². The summed E-state index contributed by atoms with van der Waals surface area (Å²) in [6.45, 7) is 4.60. The quantitative estimate of drug-likeness (QED) is 0.494. The summed E-state index contributed by atoms with van der Waals surface area (Å²) in [4.78, 5) is 9.60. The van der Waals surface area contributed by atoms with Gasteiger partial charge in [-0.15, -0.1) is 0 Å². The van der Waals surface area contributed by atoms with Crippen molar-refractivity contribution in [2.45, 2.75) is 6.92 Å². The molecule has 0 amide bonds. The molecular formula is C12H14Na2O5S. The number of carboxylic acids is 1. The molecule has 0 aliphatic carbocycles. The Kier molecular flexibility index (Phi) is 12.0. The molecule has 20 heavy (non-hydrogen) atoms. The average molecular weight is 316 g/mol. The van der Waals surface area contributed by atoms with E-state index in [1.165, 1.54) is 13.0 Å². The molecule has 0 bridgehead atoms. The summed E-state index contributed by atoms with van der Waals surface area (Å²) in [5.41, 5.74) is 0.958. The Morgan fingerprint density at radius 3 is 2.00 bits per heavy atom. The second-order valence-corrected chi connectivity index (χ2v) is 7.12. The van der Waals surface area contributed by atoms with Gasteiger partial charge in [-0.2, -0.15) is 0 Å². The van der Waals surface area contributed by atoms with Gasteiger partial charge in [0.1, 0.15) is 0 Å². The molecule has 0 unspecified atom stereocenters. The Morgan fingerprint density at radius 1 is 1.30 bits per heavy atom. The third kappa shape index (κ3) is 10.8. The van der Waals surface area contributed by atoms with E-state index in [1.54, 1.807) is 12.1 Å². The molecule has 0 saturated heterocycles. The van der Waals surface area contributed by atoms with Crippen LogP contribution in [0.3, 0.4) is 0 Å². The van der Waals surface area contributed by atoms with Crippen molar-refractivity contribution in [1.29, 1.82) is 0 Å². The van der Waals surface area contributed by atoms with Crippen molar-refractivity contribution >= 4 is 79.7 Å². The van der Waals surface area contributed by atoms with Crippen molar-refractivity contribution in [3.63, 3.8) is 0 Å². The van der Waals surface area contributed by atoms with E-state index >= 15 is 0 Å². The molecule has 100 valence electrons. The molecule has 0 atom stereocenters. The maximum atomic E-state index is 10.7. The van der Waals surface area contributed by atoms with Crippen molar-refractivity contribution in [3.8, 4) is 0 Å². The predicted molar refractivity (Wildman–Crippen MR) is 81.3 cm³/mol. The van der Waals surface area contributed by atoms with Gasteiger partial charge in [0.05, 0.1) is 0 Å². The van der Waals surface area contributed by atoms with E-state index in [2.05, 4.69) is 6.58 Å². The average Bonchev–Trinajstić information content (AvgIpc) is 2.29. The molecule has 1 rings (SSSR count). The Morgan fingerprint density at radius 2 is 1.70 bits per heavy atom. The van der Waals surface area contributed by atoms with Gasteiger partial charge in [0, 0.05) is 5.57 Å². The van der Waals surface area contributed by atoms with Crippen molar-refractivity contribution < 1.29 is 22.9 Å². The van der Waals surface area contributed by atoms with E-state index in [0.717, 1.165) is 5.56 Å². The van der Waals surface area contributed by atoms with Crippen LogP contribution in [0.25, 0.3) is 6.08 Å². The van der Waals surface area contributed by atoms with E-state index in [1.807, 2.05) is 18.2 Å². The third-order valence-electron chi connectivity index (χ3n) is 1.94. The van der Waals surface area contributed by atoms with Gasteiger partial charge >= 0.3 is 131 Å². The minimum absolute atomic E-state index is 0. The van der Waals surface area contributed by atoms with E-state index in [0.29, 0.717) is 27.9 Å². The fourth-order valence-electron chi connectivity index (χ4n) is 0.858. The van der Waals surface area contributed by atoms with Crippen molar-refractivity contribution in [2.24, 2.45) is 0 Å². The SMILES string of the molecule is C=C(C)C(=O)O.O=S(=O)(O)[C]([Na])=Cc1ccccc1.[NaH]. The first kappa shape index (κ1) is 22.4. The van der Waals surface area contributed by atoms with Gasteiger partial charge in [-0.1, -0.05) is 6.58 Å². The zero-order valence-electron chi connectivity index (χ0n) is 10.7. The van der Waals surface area contributed by atoms with Crippen LogP contribution in [-0.4, -0.2) is 81.5 Å². The van der Waals surface area contributed by atoms with Gasteiger partial charge in [0.2, 0.25) is 0 Å². The van der Waals surface area contributed by atoms with Crippen LogP contribution in [0.5, 0.6) is 0 Å². The molecular weight excluding hydrogens is 302 g/mol. The van der Waals surface area contributed by atoms with Gasteiger partial charge < -0.3 is 5.11 Å². The summed E-state index contributed by atoms with van der Waals surface area (Å²) in [5, 5.41) is 7.89. The van der Waals surface area contributed by atoms with Gasteiger partial charge in [-0.05, 0) is 6.92 Å². The zero-order chi connectivity index (χ0) is 15.1. The number of rotatable bonds is 3. The number of hydrogen-bond donors (Lipinski definition) is 2. The van der Waals surface area contributed by atoms with Gasteiger partial charge in [-0.3, -0.25) is 0 Å². The fraction of sp³-hybridized carbons (Fsp3) is 0.0833. The molecule has 1 aromatic carbocycles. The Labute approximate surface area is 158 Å². The van der Waals surface area contributed by atoms with Crippen LogP contribution in [0.4, 0.5) is 0 Å². The summed E-state index contributed by atoms with van der Waals surface area (Å²) in [7, 11) is -3.98. The van der Waals surface area contributed by atoms with E-state index in [-0.39, 0.29) is 37.3 Å². The first-order valence-electron chi connectivity index (χ1n) is 5.24. The van der Waals surface area contributed by atoms with Crippen LogP contribution in [0.1, 0.15) is 12.5 Å². The number of hydrogen-bond acceptors (Lipinski definition) is 3. The number of carboxylic acid groups (broad SMARTS) is 1. The molecule has 2 N–H and O–H groups in total. The van der Waals surface area contributed by atoms with Crippen LogP contribution < -0.4 is 0 Å². The number of carbonyl (C=O) groups is 1. The molecule has 0 aromatic heterocycles. The third-order valence-corrected chi connectivity index (χ3v) is 4.71. The first-order chi connectivity index (χ1) is 8.64. The van der Waals surface area contributed by atoms with Gasteiger partial charge in [0.15, 0.2) is 0 Å². The topological polar surface area (TPSA) is 91.7 Å². The van der Waals surface area contributed by atoms with Gasteiger partial charge in [0.25, 0.3) is 0 Å². The normalized spacial score (nSPS) is 10.7. The second-order valence-electron chi connectivity index (χ2n) is 3.73. The molecule has 0 fully saturated rings. The van der Waals surface area contributed by atoms with Crippen molar-refractivity contribution in [1.82, 2.24) is 0 Å². The predicted octanol–water partition coefficient (Wildman–Crippen LogP) is 1.04. The monoisotopic (exact) mass is 316 g/mol. The van der Waals surface area contributed by atoms with Crippen LogP contribution in [0, 0.1) is 0 Å². The summed E-state index contributed by atoms with van der Waals surface area (Å²) in [6.07, 6.45) is 1.47.